The minimum Gasteiger partial charge on any atom is -0.496 e. The topological polar surface area (TPSA) is 48.1 Å². The largest absolute Gasteiger partial charge is 0.496 e. The first-order valence-corrected chi connectivity index (χ1v) is 5.14. The minimum atomic E-state index is 0.433. The lowest BCUT2D eigenvalue weighted by atomic mass is 10.1. The molecule has 0 unspecified atom stereocenters. The van der Waals surface area contributed by atoms with E-state index in [0.717, 1.165) is 11.1 Å². The molecule has 4 heteroatoms. The molecule has 0 spiro atoms. The Hall–Kier alpha value is -1.74. The van der Waals surface area contributed by atoms with Crippen LogP contribution in [-0.4, -0.2) is 12.1 Å². The van der Waals surface area contributed by atoms with Gasteiger partial charge in [0.1, 0.15) is 11.6 Å². The van der Waals surface area contributed by atoms with Gasteiger partial charge in [0.05, 0.1) is 7.11 Å². The van der Waals surface area contributed by atoms with E-state index in [1.54, 1.807) is 19.4 Å². The maximum Gasteiger partial charge on any atom is 0.131 e. The molecule has 16 heavy (non-hydrogen) atoms. The molecule has 0 aliphatic rings. The standard InChI is InChI=1S/C12H11ClN2O/c1-16-11-6-12(14)15-7-10(11)8-3-2-4-9(13)5-8/h2-7H,1H3,(H2,14,15). The number of nitrogen functional groups attached to an aromatic ring is 1. The first kappa shape index (κ1) is 10.8. The number of halogens is 1. The number of anilines is 1. The Labute approximate surface area is 98.8 Å². The van der Waals surface area contributed by atoms with Crippen molar-refractivity contribution in [1.82, 2.24) is 4.98 Å². The van der Waals surface area contributed by atoms with Crippen molar-refractivity contribution in [3.63, 3.8) is 0 Å². The second-order valence-electron chi connectivity index (χ2n) is 3.32. The molecule has 2 rings (SSSR count). The van der Waals surface area contributed by atoms with Crippen LogP contribution < -0.4 is 10.5 Å². The van der Waals surface area contributed by atoms with Crippen molar-refractivity contribution in [3.8, 4) is 16.9 Å². The highest BCUT2D eigenvalue weighted by atomic mass is 35.5. The van der Waals surface area contributed by atoms with Gasteiger partial charge in [-0.25, -0.2) is 4.98 Å². The summed E-state index contributed by atoms with van der Waals surface area (Å²) in [6.07, 6.45) is 1.68. The quantitative estimate of drug-likeness (QED) is 0.869. The second kappa shape index (κ2) is 4.41. The van der Waals surface area contributed by atoms with Crippen molar-refractivity contribution in [3.05, 3.63) is 41.6 Å². The number of hydrogen-bond donors (Lipinski definition) is 1. The van der Waals surface area contributed by atoms with E-state index < -0.39 is 0 Å². The molecule has 0 saturated carbocycles. The molecule has 1 aromatic heterocycles. The van der Waals surface area contributed by atoms with Crippen LogP contribution in [0.1, 0.15) is 0 Å². The number of methoxy groups -OCH3 is 1. The van der Waals surface area contributed by atoms with Crippen molar-refractivity contribution in [2.45, 2.75) is 0 Å². The van der Waals surface area contributed by atoms with E-state index in [0.29, 0.717) is 16.6 Å². The van der Waals surface area contributed by atoms with Gasteiger partial charge < -0.3 is 10.5 Å². The zero-order valence-electron chi connectivity index (χ0n) is 8.77. The molecule has 0 aliphatic heterocycles. The summed E-state index contributed by atoms with van der Waals surface area (Å²) in [6.45, 7) is 0. The summed E-state index contributed by atoms with van der Waals surface area (Å²) < 4.78 is 5.26. The van der Waals surface area contributed by atoms with Gasteiger partial charge in [0, 0.05) is 22.8 Å². The van der Waals surface area contributed by atoms with Gasteiger partial charge in [-0.05, 0) is 17.7 Å². The Morgan fingerprint density at radius 2 is 2.12 bits per heavy atom. The van der Waals surface area contributed by atoms with E-state index in [1.807, 2.05) is 24.3 Å². The van der Waals surface area contributed by atoms with Gasteiger partial charge in [0.15, 0.2) is 0 Å². The first-order chi connectivity index (χ1) is 7.70. The van der Waals surface area contributed by atoms with Gasteiger partial charge in [-0.2, -0.15) is 0 Å². The molecule has 0 fully saturated rings. The Balaban J connectivity index is 2.55. The smallest absolute Gasteiger partial charge is 0.131 e. The number of ether oxygens (including phenoxy) is 1. The summed E-state index contributed by atoms with van der Waals surface area (Å²) in [7, 11) is 1.60. The van der Waals surface area contributed by atoms with Gasteiger partial charge in [-0.3, -0.25) is 0 Å². The number of pyridine rings is 1. The number of nitrogens with two attached hydrogens (primary N) is 1. The van der Waals surface area contributed by atoms with E-state index >= 15 is 0 Å². The van der Waals surface area contributed by atoms with Crippen molar-refractivity contribution >= 4 is 17.4 Å². The Kier molecular flexibility index (Phi) is 2.97. The molecular formula is C12H11ClN2O. The molecule has 0 bridgehead atoms. The van der Waals surface area contributed by atoms with Crippen molar-refractivity contribution in [1.29, 1.82) is 0 Å². The fourth-order valence-corrected chi connectivity index (χ4v) is 1.68. The molecule has 2 N–H and O–H groups in total. The maximum atomic E-state index is 5.94. The van der Waals surface area contributed by atoms with Crippen LogP contribution in [0.15, 0.2) is 36.5 Å². The number of rotatable bonds is 2. The highest BCUT2D eigenvalue weighted by molar-refractivity contribution is 6.30. The van der Waals surface area contributed by atoms with Gasteiger partial charge in [0.2, 0.25) is 0 Å². The third-order valence-electron chi connectivity index (χ3n) is 2.24. The molecule has 0 amide bonds. The summed E-state index contributed by atoms with van der Waals surface area (Å²) in [5.41, 5.74) is 7.42. The predicted molar refractivity (Wildman–Crippen MR) is 65.6 cm³/mol. The van der Waals surface area contributed by atoms with Gasteiger partial charge in [0.25, 0.3) is 0 Å². The highest BCUT2D eigenvalue weighted by Crippen LogP contribution is 2.31. The van der Waals surface area contributed by atoms with Crippen LogP contribution in [-0.2, 0) is 0 Å². The van der Waals surface area contributed by atoms with E-state index in [1.165, 1.54) is 0 Å². The normalized spacial score (nSPS) is 10.1. The van der Waals surface area contributed by atoms with Crippen LogP contribution in [0.3, 0.4) is 0 Å². The Morgan fingerprint density at radius 3 is 2.81 bits per heavy atom. The average molecular weight is 235 g/mol. The highest BCUT2D eigenvalue weighted by Gasteiger charge is 2.07. The SMILES string of the molecule is COc1cc(N)ncc1-c1cccc(Cl)c1. The van der Waals surface area contributed by atoms with E-state index in [9.17, 15) is 0 Å². The molecule has 0 radical (unpaired) electrons. The van der Waals surface area contributed by atoms with Gasteiger partial charge in [-0.15, -0.1) is 0 Å². The lowest BCUT2D eigenvalue weighted by Crippen LogP contribution is -1.94. The third-order valence-corrected chi connectivity index (χ3v) is 2.48. The summed E-state index contributed by atoms with van der Waals surface area (Å²) >= 11 is 5.94. The zero-order chi connectivity index (χ0) is 11.5. The predicted octanol–water partition coefficient (Wildman–Crippen LogP) is 2.99. The average Bonchev–Trinajstić information content (AvgIpc) is 2.28. The second-order valence-corrected chi connectivity index (χ2v) is 3.76. The van der Waals surface area contributed by atoms with Crippen LogP contribution in [0.5, 0.6) is 5.75 Å². The summed E-state index contributed by atoms with van der Waals surface area (Å²) in [5, 5.41) is 0.677. The van der Waals surface area contributed by atoms with E-state index in [2.05, 4.69) is 4.98 Å². The fourth-order valence-electron chi connectivity index (χ4n) is 1.49. The summed E-state index contributed by atoms with van der Waals surface area (Å²) in [4.78, 5) is 4.05. The third kappa shape index (κ3) is 2.09. The maximum absolute atomic E-state index is 5.94. The molecule has 0 atom stereocenters. The Morgan fingerprint density at radius 1 is 1.31 bits per heavy atom. The van der Waals surface area contributed by atoms with Crippen LogP contribution in [0.25, 0.3) is 11.1 Å². The summed E-state index contributed by atoms with van der Waals surface area (Å²) in [5.74, 6) is 1.12. The Bertz CT molecular complexity index is 514. The summed E-state index contributed by atoms with van der Waals surface area (Å²) in [6, 6.07) is 9.20. The van der Waals surface area contributed by atoms with Gasteiger partial charge >= 0.3 is 0 Å². The first-order valence-electron chi connectivity index (χ1n) is 4.76. The van der Waals surface area contributed by atoms with E-state index in [4.69, 9.17) is 22.1 Å². The molecule has 1 heterocycles. The fraction of sp³-hybridized carbons (Fsp3) is 0.0833. The monoisotopic (exact) mass is 234 g/mol. The zero-order valence-corrected chi connectivity index (χ0v) is 9.53. The van der Waals surface area contributed by atoms with Crippen LogP contribution in [0, 0.1) is 0 Å². The van der Waals surface area contributed by atoms with Crippen LogP contribution >= 0.6 is 11.6 Å². The molecular weight excluding hydrogens is 224 g/mol. The minimum absolute atomic E-state index is 0.433. The van der Waals surface area contributed by atoms with Crippen LogP contribution in [0.2, 0.25) is 5.02 Å². The lowest BCUT2D eigenvalue weighted by Gasteiger charge is -2.08. The van der Waals surface area contributed by atoms with E-state index in [-0.39, 0.29) is 0 Å². The lowest BCUT2D eigenvalue weighted by molar-refractivity contribution is 0.416. The number of aromatic nitrogens is 1. The van der Waals surface area contributed by atoms with Crippen molar-refractivity contribution in [2.24, 2.45) is 0 Å². The van der Waals surface area contributed by atoms with Crippen molar-refractivity contribution in [2.75, 3.05) is 12.8 Å². The number of nitrogens with zero attached hydrogens (tertiary/aromatic N) is 1. The van der Waals surface area contributed by atoms with Crippen LogP contribution in [0.4, 0.5) is 5.82 Å². The molecule has 82 valence electrons. The molecule has 0 aliphatic carbocycles. The molecule has 1 aromatic carbocycles. The number of benzene rings is 1. The molecule has 2 aromatic rings. The molecule has 3 nitrogen and oxygen atoms in total. The van der Waals surface area contributed by atoms with Gasteiger partial charge in [-0.1, -0.05) is 23.7 Å². The van der Waals surface area contributed by atoms with Crippen molar-refractivity contribution < 1.29 is 4.74 Å². The molecule has 0 saturated heterocycles. The number of hydrogen-bond acceptors (Lipinski definition) is 3.